The van der Waals surface area contributed by atoms with Crippen molar-refractivity contribution in [2.24, 2.45) is 11.8 Å². The van der Waals surface area contributed by atoms with Crippen molar-refractivity contribution >= 4 is 21.8 Å². The van der Waals surface area contributed by atoms with Gasteiger partial charge in [-0.1, -0.05) is 19.9 Å². The van der Waals surface area contributed by atoms with Gasteiger partial charge in [0.15, 0.2) is 0 Å². The van der Waals surface area contributed by atoms with Gasteiger partial charge in [0.2, 0.25) is 0 Å². The van der Waals surface area contributed by atoms with Crippen molar-refractivity contribution in [2.75, 3.05) is 13.1 Å². The number of hydrogen-bond acceptors (Lipinski definition) is 1. The van der Waals surface area contributed by atoms with Crippen molar-refractivity contribution in [1.82, 2.24) is 4.90 Å². The van der Waals surface area contributed by atoms with Crippen LogP contribution in [-0.2, 0) is 0 Å². The topological polar surface area (TPSA) is 20.3 Å². The fourth-order valence-electron chi connectivity index (χ4n) is 2.16. The Kier molecular flexibility index (Phi) is 3.52. The number of carbonyl (C=O) groups excluding carboxylic acids is 1. The maximum Gasteiger partial charge on any atom is 0.258 e. The van der Waals surface area contributed by atoms with Crippen LogP contribution in [-0.4, -0.2) is 23.9 Å². The summed E-state index contributed by atoms with van der Waals surface area (Å²) in [5.74, 6) is 0.275. The van der Waals surface area contributed by atoms with Crippen LogP contribution in [0.4, 0.5) is 4.39 Å². The fraction of sp³-hybridized carbons (Fsp3) is 0.462. The smallest absolute Gasteiger partial charge is 0.258 e. The van der Waals surface area contributed by atoms with Crippen LogP contribution in [0.1, 0.15) is 24.2 Å². The van der Waals surface area contributed by atoms with Gasteiger partial charge in [-0.05, 0) is 39.9 Å². The zero-order valence-corrected chi connectivity index (χ0v) is 11.5. The molecule has 0 radical (unpaired) electrons. The molecule has 1 aliphatic heterocycles. The Bertz CT molecular complexity index is 419. The summed E-state index contributed by atoms with van der Waals surface area (Å²) < 4.78 is 14.2. The first-order chi connectivity index (χ1) is 8.00. The molecule has 92 valence electrons. The number of nitrogens with zero attached hydrogens (tertiary/aromatic N) is 1. The van der Waals surface area contributed by atoms with Gasteiger partial charge >= 0.3 is 0 Å². The molecule has 0 aliphatic carbocycles. The van der Waals surface area contributed by atoms with Gasteiger partial charge < -0.3 is 4.90 Å². The van der Waals surface area contributed by atoms with Crippen LogP contribution in [0.2, 0.25) is 0 Å². The summed E-state index contributed by atoms with van der Waals surface area (Å²) >= 11 is 3.24. The van der Waals surface area contributed by atoms with Gasteiger partial charge in [0.05, 0.1) is 5.56 Å². The average Bonchev–Trinajstić information content (AvgIpc) is 2.59. The monoisotopic (exact) mass is 299 g/mol. The third-order valence-corrected chi connectivity index (χ3v) is 4.11. The number of hydrogen-bond donors (Lipinski definition) is 0. The molecule has 17 heavy (non-hydrogen) atoms. The van der Waals surface area contributed by atoms with Gasteiger partial charge in [0.25, 0.3) is 5.91 Å². The molecule has 1 amide bonds. The van der Waals surface area contributed by atoms with Crippen LogP contribution in [0.15, 0.2) is 22.7 Å². The van der Waals surface area contributed by atoms with E-state index in [0.717, 1.165) is 0 Å². The highest BCUT2D eigenvalue weighted by Gasteiger charge is 2.31. The Labute approximate surface area is 109 Å². The highest BCUT2D eigenvalue weighted by atomic mass is 79.9. The first-order valence-electron chi connectivity index (χ1n) is 5.74. The van der Waals surface area contributed by atoms with E-state index in [0.29, 0.717) is 29.4 Å². The largest absolute Gasteiger partial charge is 0.338 e. The van der Waals surface area contributed by atoms with Gasteiger partial charge in [-0.25, -0.2) is 4.39 Å². The Morgan fingerprint density at radius 3 is 2.47 bits per heavy atom. The lowest BCUT2D eigenvalue weighted by Gasteiger charge is -2.17. The van der Waals surface area contributed by atoms with Gasteiger partial charge in [-0.2, -0.15) is 0 Å². The number of rotatable bonds is 1. The third-order valence-electron chi connectivity index (χ3n) is 3.45. The SMILES string of the molecule is CC1CN(C(=O)c2c(F)cccc2Br)CC1C. The summed E-state index contributed by atoms with van der Waals surface area (Å²) in [5.41, 5.74) is 0.147. The number of halogens is 2. The molecule has 2 atom stereocenters. The molecular weight excluding hydrogens is 285 g/mol. The lowest BCUT2D eigenvalue weighted by atomic mass is 10.0. The normalized spacial score (nSPS) is 24.1. The Morgan fingerprint density at radius 1 is 1.35 bits per heavy atom. The van der Waals surface area contributed by atoms with E-state index >= 15 is 0 Å². The Morgan fingerprint density at radius 2 is 1.94 bits per heavy atom. The molecule has 0 spiro atoms. The van der Waals surface area contributed by atoms with E-state index in [1.165, 1.54) is 6.07 Å². The van der Waals surface area contributed by atoms with Crippen molar-refractivity contribution in [3.05, 3.63) is 34.1 Å². The van der Waals surface area contributed by atoms with Gasteiger partial charge in [0.1, 0.15) is 5.82 Å². The zero-order chi connectivity index (χ0) is 12.6. The van der Waals surface area contributed by atoms with Crippen LogP contribution in [0.5, 0.6) is 0 Å². The molecule has 0 aromatic heterocycles. The molecule has 1 aromatic carbocycles. The minimum absolute atomic E-state index is 0.147. The van der Waals surface area contributed by atoms with E-state index in [1.807, 2.05) is 0 Å². The van der Waals surface area contributed by atoms with E-state index in [-0.39, 0.29) is 11.5 Å². The first kappa shape index (κ1) is 12.6. The minimum Gasteiger partial charge on any atom is -0.338 e. The second-order valence-corrected chi connectivity index (χ2v) is 5.62. The van der Waals surface area contributed by atoms with Crippen molar-refractivity contribution in [1.29, 1.82) is 0 Å². The quantitative estimate of drug-likeness (QED) is 0.779. The van der Waals surface area contributed by atoms with Crippen LogP contribution < -0.4 is 0 Å². The van der Waals surface area contributed by atoms with E-state index in [1.54, 1.807) is 17.0 Å². The summed E-state index contributed by atoms with van der Waals surface area (Å²) in [6.45, 7) is 5.66. The van der Waals surface area contributed by atoms with Crippen molar-refractivity contribution in [3.8, 4) is 0 Å². The van der Waals surface area contributed by atoms with Crippen LogP contribution >= 0.6 is 15.9 Å². The highest BCUT2D eigenvalue weighted by Crippen LogP contribution is 2.27. The van der Waals surface area contributed by atoms with E-state index < -0.39 is 5.82 Å². The van der Waals surface area contributed by atoms with Gasteiger partial charge in [-0.15, -0.1) is 0 Å². The summed E-state index contributed by atoms with van der Waals surface area (Å²) in [7, 11) is 0. The Balaban J connectivity index is 2.27. The predicted octanol–water partition coefficient (Wildman–Crippen LogP) is 3.32. The molecule has 2 rings (SSSR count). The zero-order valence-electron chi connectivity index (χ0n) is 9.91. The Hall–Kier alpha value is -0.900. The average molecular weight is 300 g/mol. The summed E-state index contributed by atoms with van der Waals surface area (Å²) in [6.07, 6.45) is 0. The number of likely N-dealkylation sites (tertiary alicyclic amines) is 1. The van der Waals surface area contributed by atoms with Crippen LogP contribution in [0.25, 0.3) is 0 Å². The summed E-state index contributed by atoms with van der Waals surface area (Å²) in [4.78, 5) is 14.0. The second kappa shape index (κ2) is 4.77. The summed E-state index contributed by atoms with van der Waals surface area (Å²) in [6, 6.07) is 4.60. The van der Waals surface area contributed by atoms with Gasteiger partial charge in [0, 0.05) is 17.6 Å². The number of carbonyl (C=O) groups is 1. The van der Waals surface area contributed by atoms with Gasteiger partial charge in [-0.3, -0.25) is 4.79 Å². The van der Waals surface area contributed by atoms with Crippen LogP contribution in [0, 0.1) is 17.7 Å². The van der Waals surface area contributed by atoms with Crippen molar-refractivity contribution < 1.29 is 9.18 Å². The molecule has 1 aliphatic rings. The molecule has 1 heterocycles. The molecule has 0 bridgehead atoms. The molecule has 0 saturated carbocycles. The lowest BCUT2D eigenvalue weighted by Crippen LogP contribution is -2.29. The molecule has 1 aromatic rings. The number of benzene rings is 1. The fourth-order valence-corrected chi connectivity index (χ4v) is 2.67. The molecule has 2 unspecified atom stereocenters. The number of amides is 1. The van der Waals surface area contributed by atoms with Crippen LogP contribution in [0.3, 0.4) is 0 Å². The standard InChI is InChI=1S/C13H15BrFNO/c1-8-6-16(7-9(8)2)13(17)12-10(14)4-3-5-11(12)15/h3-5,8-9H,6-7H2,1-2H3. The van der Waals surface area contributed by atoms with E-state index in [4.69, 9.17) is 0 Å². The molecule has 1 fully saturated rings. The molecular formula is C13H15BrFNO. The third kappa shape index (κ3) is 2.37. The van der Waals surface area contributed by atoms with E-state index in [9.17, 15) is 9.18 Å². The maximum atomic E-state index is 13.7. The highest BCUT2D eigenvalue weighted by molar-refractivity contribution is 9.10. The molecule has 2 nitrogen and oxygen atoms in total. The van der Waals surface area contributed by atoms with Crippen molar-refractivity contribution in [3.63, 3.8) is 0 Å². The summed E-state index contributed by atoms with van der Waals surface area (Å²) in [5, 5.41) is 0. The molecule has 0 N–H and O–H groups in total. The minimum atomic E-state index is -0.461. The maximum absolute atomic E-state index is 13.7. The molecule has 1 saturated heterocycles. The van der Waals surface area contributed by atoms with Crippen molar-refractivity contribution in [2.45, 2.75) is 13.8 Å². The first-order valence-corrected chi connectivity index (χ1v) is 6.53. The molecule has 4 heteroatoms. The predicted molar refractivity (Wildman–Crippen MR) is 68.3 cm³/mol. The second-order valence-electron chi connectivity index (χ2n) is 4.76. The lowest BCUT2D eigenvalue weighted by molar-refractivity contribution is 0.0779. The van der Waals surface area contributed by atoms with E-state index in [2.05, 4.69) is 29.8 Å².